The Kier molecular flexibility index (Phi) is 7.34. The maximum Gasteiger partial charge on any atom is 0.325 e. The van der Waals surface area contributed by atoms with E-state index in [0.29, 0.717) is 24.2 Å². The minimum absolute atomic E-state index is 0.0510. The number of amides is 4. The fraction of sp³-hybridized carbons (Fsp3) is 0.556. The summed E-state index contributed by atoms with van der Waals surface area (Å²) < 4.78 is 0. The van der Waals surface area contributed by atoms with Crippen LogP contribution in [-0.4, -0.2) is 56.3 Å². The number of likely N-dealkylation sites (tertiary alicyclic amines) is 1. The van der Waals surface area contributed by atoms with Gasteiger partial charge in [0.1, 0.15) is 11.9 Å². The molecule has 3 heterocycles. The van der Waals surface area contributed by atoms with Gasteiger partial charge in [-0.1, -0.05) is 19.3 Å². The predicted molar refractivity (Wildman–Crippen MR) is 138 cm³/mol. The summed E-state index contributed by atoms with van der Waals surface area (Å²) in [6, 6.07) is 3.78. The minimum Gasteiger partial charge on any atom is -0.384 e. The third kappa shape index (κ3) is 5.28. The Hall–Kier alpha value is -3.56. The molecule has 10 nitrogen and oxygen atoms in total. The molecular formula is C27H35N7O3. The monoisotopic (exact) mass is 505 g/mol. The highest BCUT2D eigenvalue weighted by Crippen LogP contribution is 2.41. The van der Waals surface area contributed by atoms with Crippen LogP contribution in [0, 0.1) is 17.8 Å². The average Bonchev–Trinajstić information content (AvgIpc) is 3.75. The molecule has 2 saturated carbocycles. The lowest BCUT2D eigenvalue weighted by atomic mass is 9.80. The van der Waals surface area contributed by atoms with E-state index in [0.717, 1.165) is 36.1 Å². The normalized spacial score (nSPS) is 22.7. The van der Waals surface area contributed by atoms with Crippen molar-refractivity contribution in [3.05, 3.63) is 42.4 Å². The molecule has 2 aliphatic carbocycles. The van der Waals surface area contributed by atoms with Gasteiger partial charge in [0.05, 0.1) is 5.92 Å². The topological polar surface area (TPSA) is 134 Å². The van der Waals surface area contributed by atoms with Crippen LogP contribution in [0.15, 0.2) is 36.8 Å². The van der Waals surface area contributed by atoms with E-state index in [4.69, 9.17) is 5.73 Å². The number of nitrogens with one attached hydrogen (secondary N) is 1. The van der Waals surface area contributed by atoms with Gasteiger partial charge in [0.25, 0.3) is 5.91 Å². The molecule has 1 saturated heterocycles. The molecule has 37 heavy (non-hydrogen) atoms. The number of nitrogen functional groups attached to an aromatic ring is 1. The number of likely N-dealkylation sites (N-methyl/N-ethyl adjacent to an activating group) is 1. The highest BCUT2D eigenvalue weighted by molar-refractivity contribution is 6.12. The van der Waals surface area contributed by atoms with Gasteiger partial charge in [-0.2, -0.15) is 0 Å². The third-order valence-electron chi connectivity index (χ3n) is 7.94. The number of nitrogens with zero attached hydrogens (tertiary/aromatic N) is 5. The Labute approximate surface area is 217 Å². The van der Waals surface area contributed by atoms with Crippen molar-refractivity contribution in [1.29, 1.82) is 0 Å². The first-order valence-corrected chi connectivity index (χ1v) is 13.4. The summed E-state index contributed by atoms with van der Waals surface area (Å²) in [6.45, 7) is 2.13. The molecular weight excluding hydrogens is 470 g/mol. The molecule has 0 radical (unpaired) electrons. The summed E-state index contributed by atoms with van der Waals surface area (Å²) >= 11 is 0. The molecule has 3 atom stereocenters. The Morgan fingerprint density at radius 3 is 2.43 bits per heavy atom. The van der Waals surface area contributed by atoms with Gasteiger partial charge in [-0.25, -0.2) is 19.7 Å². The van der Waals surface area contributed by atoms with E-state index in [9.17, 15) is 14.4 Å². The second-order valence-corrected chi connectivity index (χ2v) is 10.4. The fourth-order valence-electron chi connectivity index (χ4n) is 5.90. The van der Waals surface area contributed by atoms with Crippen LogP contribution in [-0.2, 0) is 16.0 Å². The van der Waals surface area contributed by atoms with E-state index in [1.54, 1.807) is 36.8 Å². The van der Waals surface area contributed by atoms with Crippen LogP contribution in [0.2, 0.25) is 0 Å². The highest BCUT2D eigenvalue weighted by Gasteiger charge is 2.56. The first-order valence-electron chi connectivity index (χ1n) is 13.4. The van der Waals surface area contributed by atoms with Crippen molar-refractivity contribution >= 4 is 29.6 Å². The zero-order chi connectivity index (χ0) is 25.9. The number of aromatic nitrogens is 3. The van der Waals surface area contributed by atoms with Gasteiger partial charge in [0.2, 0.25) is 11.9 Å². The van der Waals surface area contributed by atoms with Crippen molar-refractivity contribution in [1.82, 2.24) is 25.2 Å². The van der Waals surface area contributed by atoms with Crippen molar-refractivity contribution in [3.8, 4) is 0 Å². The Morgan fingerprint density at radius 2 is 1.78 bits per heavy atom. The van der Waals surface area contributed by atoms with Crippen LogP contribution in [0.25, 0.3) is 0 Å². The average molecular weight is 506 g/mol. The van der Waals surface area contributed by atoms with E-state index >= 15 is 0 Å². The fourth-order valence-corrected chi connectivity index (χ4v) is 5.90. The molecule has 3 aliphatic rings. The lowest BCUT2D eigenvalue weighted by Gasteiger charge is -2.46. The van der Waals surface area contributed by atoms with Crippen molar-refractivity contribution in [3.63, 3.8) is 0 Å². The smallest absolute Gasteiger partial charge is 0.325 e. The molecule has 3 fully saturated rings. The second-order valence-electron chi connectivity index (χ2n) is 10.4. The Morgan fingerprint density at radius 1 is 1.08 bits per heavy atom. The summed E-state index contributed by atoms with van der Waals surface area (Å²) in [4.78, 5) is 55.9. The summed E-state index contributed by atoms with van der Waals surface area (Å²) in [5.74, 6) is 0.0701. The van der Waals surface area contributed by atoms with Crippen molar-refractivity contribution in [2.45, 2.75) is 70.4 Å². The third-order valence-corrected chi connectivity index (χ3v) is 7.94. The minimum atomic E-state index is -0.947. The molecule has 0 unspecified atom stereocenters. The molecule has 4 amide bonds. The van der Waals surface area contributed by atoms with Crippen LogP contribution in [0.3, 0.4) is 0 Å². The first kappa shape index (κ1) is 25.1. The predicted octanol–water partition coefficient (Wildman–Crippen LogP) is 2.94. The first-order chi connectivity index (χ1) is 18.0. The van der Waals surface area contributed by atoms with Crippen molar-refractivity contribution in [2.24, 2.45) is 17.8 Å². The Balaban J connectivity index is 1.39. The molecule has 5 rings (SSSR count). The SMILES string of the molecule is CCN(C(=O)[C@@H]1[C@@H](Cc2ccnc(N)c2)C(=O)N1C(=O)N[C@@H](C1CCCCC1)C1CC1)c1ncccn1. The molecule has 1 aliphatic heterocycles. The largest absolute Gasteiger partial charge is 0.384 e. The van der Waals surface area contributed by atoms with E-state index in [1.807, 2.05) is 6.92 Å². The highest BCUT2D eigenvalue weighted by atomic mass is 16.2. The van der Waals surface area contributed by atoms with Crippen LogP contribution in [0.4, 0.5) is 16.6 Å². The number of β-lactam (4-membered cyclic amide) rings is 1. The zero-order valence-electron chi connectivity index (χ0n) is 21.3. The Bertz CT molecular complexity index is 1130. The molecule has 0 aromatic carbocycles. The summed E-state index contributed by atoms with van der Waals surface area (Å²) in [6.07, 6.45) is 13.0. The molecule has 2 aromatic rings. The number of nitrogens with two attached hydrogens (primary N) is 1. The number of imide groups is 1. The second kappa shape index (κ2) is 10.8. The van der Waals surface area contributed by atoms with E-state index in [2.05, 4.69) is 20.3 Å². The van der Waals surface area contributed by atoms with Crippen LogP contribution >= 0.6 is 0 Å². The van der Waals surface area contributed by atoms with Gasteiger partial charge >= 0.3 is 6.03 Å². The van der Waals surface area contributed by atoms with Gasteiger partial charge < -0.3 is 11.1 Å². The van der Waals surface area contributed by atoms with E-state index < -0.39 is 18.0 Å². The summed E-state index contributed by atoms with van der Waals surface area (Å²) in [5.41, 5.74) is 6.63. The van der Waals surface area contributed by atoms with Gasteiger partial charge in [0.15, 0.2) is 0 Å². The number of hydrogen-bond donors (Lipinski definition) is 2. The van der Waals surface area contributed by atoms with E-state index in [1.165, 1.54) is 24.2 Å². The molecule has 0 spiro atoms. The maximum atomic E-state index is 13.9. The summed E-state index contributed by atoms with van der Waals surface area (Å²) in [5, 5.41) is 3.19. The maximum absolute atomic E-state index is 13.9. The number of urea groups is 1. The number of carbonyl (C=O) groups is 3. The van der Waals surface area contributed by atoms with Crippen molar-refractivity contribution in [2.75, 3.05) is 17.2 Å². The lowest BCUT2D eigenvalue weighted by molar-refractivity contribution is -0.156. The van der Waals surface area contributed by atoms with Gasteiger partial charge in [-0.05, 0) is 74.6 Å². The lowest BCUT2D eigenvalue weighted by Crippen LogP contribution is -2.71. The van der Waals surface area contributed by atoms with Gasteiger partial charge in [0, 0.05) is 31.2 Å². The zero-order valence-corrected chi connectivity index (χ0v) is 21.3. The number of anilines is 2. The van der Waals surface area contributed by atoms with Crippen molar-refractivity contribution < 1.29 is 14.4 Å². The summed E-state index contributed by atoms with van der Waals surface area (Å²) in [7, 11) is 0. The number of rotatable bonds is 8. The number of pyridine rings is 1. The van der Waals surface area contributed by atoms with E-state index in [-0.39, 0.29) is 30.2 Å². The van der Waals surface area contributed by atoms with Crippen LogP contribution in [0.5, 0.6) is 0 Å². The molecule has 196 valence electrons. The van der Waals surface area contributed by atoms with Crippen LogP contribution < -0.4 is 16.0 Å². The molecule has 0 bridgehead atoms. The standard InChI is InChI=1S/C27H35N7O3/c1-2-33(26-30-12-6-13-31-26)25(36)23-20(15-17-11-14-29-21(28)16-17)24(35)34(23)27(37)32-22(19-9-10-19)18-7-4-3-5-8-18/h6,11-14,16,18-20,22-23H,2-5,7-10,15H2,1H3,(H2,28,29)(H,32,37)/t20-,22+,23+/m1/s1. The van der Waals surface area contributed by atoms with Gasteiger partial charge in [-0.3, -0.25) is 19.4 Å². The van der Waals surface area contributed by atoms with Gasteiger partial charge in [-0.15, -0.1) is 0 Å². The molecule has 2 aromatic heterocycles. The number of hydrogen-bond acceptors (Lipinski definition) is 7. The molecule has 3 N–H and O–H groups in total. The quantitative estimate of drug-likeness (QED) is 0.527. The number of carbonyl (C=O) groups excluding carboxylic acids is 3. The molecule has 10 heteroatoms. The van der Waals surface area contributed by atoms with Crippen LogP contribution in [0.1, 0.15) is 57.4 Å².